The second-order valence-corrected chi connectivity index (χ2v) is 49.6. The Labute approximate surface area is 926 Å². The summed E-state index contributed by atoms with van der Waals surface area (Å²) in [6.07, 6.45) is 33.5. The number of fused-ring (bicyclic) bond motifs is 2. The van der Waals surface area contributed by atoms with Crippen LogP contribution in [-0.4, -0.2) is 175 Å². The number of Topliss-reactive ketones (excluding diaryl/α,β-unsaturated/α-hetero) is 2. The number of hydrogen-bond donors (Lipinski definition) is 11. The van der Waals surface area contributed by atoms with Crippen LogP contribution in [-0.2, 0) is 114 Å². The van der Waals surface area contributed by atoms with Crippen molar-refractivity contribution in [2.24, 2.45) is 88.6 Å². The van der Waals surface area contributed by atoms with Gasteiger partial charge in [0, 0.05) is 67.0 Å². The fourth-order valence-corrected chi connectivity index (χ4v) is 24.0. The molecule has 4 saturated carbocycles. The van der Waals surface area contributed by atoms with Gasteiger partial charge in [-0.3, -0.25) is 38.4 Å². The first-order valence-electron chi connectivity index (χ1n) is 53.8. The molecule has 5 fully saturated rings. The average molecular weight is 2230 g/mol. The van der Waals surface area contributed by atoms with E-state index in [9.17, 15) is 34.5 Å². The van der Waals surface area contributed by atoms with Gasteiger partial charge in [-0.05, 0) is 204 Å². The van der Waals surface area contributed by atoms with E-state index in [2.05, 4.69) is 128 Å². The van der Waals surface area contributed by atoms with Crippen molar-refractivity contribution in [2.45, 2.75) is 381 Å². The summed E-state index contributed by atoms with van der Waals surface area (Å²) in [5.74, 6) is 9.61. The molecule has 6 amide bonds. The van der Waals surface area contributed by atoms with Crippen molar-refractivity contribution in [3.8, 4) is 11.8 Å². The predicted molar refractivity (Wildman–Crippen MR) is 601 cm³/mol. The number of carbonyl (C=O) groups is 8. The molecule has 12 atom stereocenters. The van der Waals surface area contributed by atoms with Crippen LogP contribution in [0, 0.1) is 124 Å². The van der Waals surface area contributed by atoms with E-state index >= 15 is 19.2 Å². The number of ether oxygens (including phenoxy) is 2. The van der Waals surface area contributed by atoms with Gasteiger partial charge in [-0.1, -0.05) is 303 Å². The molecule has 2 aromatic heterocycles. The number of benzene rings is 3. The Kier molecular flexibility index (Phi) is 71.0. The van der Waals surface area contributed by atoms with Gasteiger partial charge in [0.1, 0.15) is 42.6 Å². The first-order valence-corrected chi connectivity index (χ1v) is 64.9. The number of aromatic nitrogens is 4. The third-order valence-electron chi connectivity index (χ3n) is 32.0. The molecule has 1 aliphatic heterocycles. The van der Waals surface area contributed by atoms with E-state index in [-0.39, 0.29) is 92.2 Å². The summed E-state index contributed by atoms with van der Waals surface area (Å²) < 4.78 is 14.0. The van der Waals surface area contributed by atoms with Crippen molar-refractivity contribution in [3.05, 3.63) is 149 Å². The van der Waals surface area contributed by atoms with Crippen LogP contribution in [0.1, 0.15) is 323 Å². The second kappa shape index (κ2) is 76.6. The van der Waals surface area contributed by atoms with E-state index in [1.165, 1.54) is 136 Å². The summed E-state index contributed by atoms with van der Waals surface area (Å²) in [6.45, 7) is 27.5. The molecule has 12 N–H and O–H groups in total. The number of para-hydroxylation sites is 1. The van der Waals surface area contributed by atoms with Crippen LogP contribution in [0.4, 0.5) is 0 Å². The van der Waals surface area contributed by atoms with E-state index < -0.39 is 161 Å². The first kappa shape index (κ1) is 136. The molecule has 1 saturated heterocycles. The summed E-state index contributed by atoms with van der Waals surface area (Å²) in [5.41, 5.74) is 10.3. The Hall–Kier alpha value is -4.89. The number of halogens is 4. The summed E-state index contributed by atoms with van der Waals surface area (Å²) in [5, 5.41) is 58.2. The van der Waals surface area contributed by atoms with Gasteiger partial charge in [-0.15, -0.1) is 11.0 Å². The van der Waals surface area contributed by atoms with Gasteiger partial charge in [-0.2, -0.15) is 0 Å². The van der Waals surface area contributed by atoms with Gasteiger partial charge in [0.15, 0.2) is 11.6 Å². The maximum atomic E-state index is 15.4. The Bertz CT molecular complexity index is 4430. The van der Waals surface area contributed by atoms with Gasteiger partial charge in [0.05, 0.1) is 48.6 Å². The Balaban J connectivity index is 0.000000901. The second-order valence-electron chi connectivity index (χ2n) is 41.9. The van der Waals surface area contributed by atoms with Gasteiger partial charge in [0.25, 0.3) is 0 Å². The first-order chi connectivity index (χ1) is 68.9. The number of rotatable bonds is 37. The monoisotopic (exact) mass is 2230 g/mol. The Morgan fingerprint density at radius 3 is 1.61 bits per heavy atom. The number of H-pyrrole nitrogens is 1. The van der Waals surface area contributed by atoms with Crippen molar-refractivity contribution in [3.63, 3.8) is 0 Å². The third kappa shape index (κ3) is 48.2. The molecular formula is C115H185Cl4N11O13S2Ti2-4. The quantitative estimate of drug-likeness (QED) is 0.00578. The minimum absolute atomic E-state index is 0. The number of nitrogens with zero attached hydrogens (tertiary/aromatic N) is 3. The van der Waals surface area contributed by atoms with Gasteiger partial charge in [0.2, 0.25) is 35.4 Å². The van der Waals surface area contributed by atoms with Crippen molar-refractivity contribution in [2.75, 3.05) is 37.9 Å². The van der Waals surface area contributed by atoms with Crippen molar-refractivity contribution >= 4 is 117 Å². The molecule has 3 heterocycles. The molecule has 12 rings (SSSR count). The number of aromatic amines is 1. The summed E-state index contributed by atoms with van der Waals surface area (Å²) >= 11 is -1.11. The van der Waals surface area contributed by atoms with E-state index in [1.54, 1.807) is 23.0 Å². The number of hydrogen-bond acceptors (Lipinski definition) is 18. The molecule has 5 aromatic rings. The van der Waals surface area contributed by atoms with Crippen molar-refractivity contribution in [1.29, 1.82) is 0 Å². The van der Waals surface area contributed by atoms with Crippen LogP contribution in [0.2, 0.25) is 0 Å². The summed E-state index contributed by atoms with van der Waals surface area (Å²) in [6, 6.07) is 17.6. The molecule has 6 aliphatic carbocycles. The SMILES string of the molecule is C1#CC(OCCCCCCC2CCCC2)CCCCC1.CC(O)C(CO)NC(=O)C1CSSCC(CC(=O)C(Cc2ccccc2)NC(=O)Cn2nnc3c2CCCCCC3OCCCCCCC2CCCC2)C(=O)NC(Cc2ccccc2)C(=O)CC(Cc2c[nH]c3ccccc23)C(=O)NC(CCCCN)C(=O)NC(C(C)O)C(=O)N1.CC1C(C)C(C)C(C)C1C.CC1C(C)C(C)C(C)C1C.[CH3-].[CH3-].[CH3-].[CH3-].[Cl][Ti][Cl].[Cl][Ti][Cl]. The maximum absolute atomic E-state index is 15.4. The Morgan fingerprint density at radius 1 is 0.551 bits per heavy atom. The van der Waals surface area contributed by atoms with E-state index in [4.69, 9.17) is 52.4 Å². The molecule has 147 heavy (non-hydrogen) atoms. The number of carbonyl (C=O) groups excluding carboxylic acids is 8. The zero-order valence-corrected chi connectivity index (χ0v) is 99.4. The summed E-state index contributed by atoms with van der Waals surface area (Å²) in [4.78, 5) is 122. The van der Waals surface area contributed by atoms with Crippen LogP contribution in [0.25, 0.3) is 10.9 Å². The van der Waals surface area contributed by atoms with Crippen LogP contribution < -0.4 is 37.6 Å². The van der Waals surface area contributed by atoms with Gasteiger partial charge in [-0.25, -0.2) is 4.68 Å². The molecule has 24 nitrogen and oxygen atoms in total. The number of amides is 6. The fraction of sp³-hybridized carbons (Fsp3) is 0.687. The Morgan fingerprint density at radius 2 is 1.05 bits per heavy atom. The van der Waals surface area contributed by atoms with Crippen LogP contribution in [0.5, 0.6) is 0 Å². The van der Waals surface area contributed by atoms with Gasteiger partial charge >= 0.3 is 71.3 Å². The number of aliphatic hydroxyl groups excluding tert-OH is 3. The molecule has 830 valence electrons. The van der Waals surface area contributed by atoms with Gasteiger partial charge < -0.3 is 97.1 Å². The molecule has 0 spiro atoms. The molecule has 7 aliphatic rings. The van der Waals surface area contributed by atoms with Crippen LogP contribution in [0.15, 0.2) is 91.1 Å². The standard InChI is InChI=1S/C72H101N11O12S2.C19H32O.2C10H20.4CH3.4ClH.2Ti/c1-46(85)59(43-84)78-71(93)60-45-97-96-44-53(40-63(88)57(36-49-25-9-5-10-26-49)75-65(89)42-83-61-32-13-7-14-33-64(67(61)81-82-83)95-35-21-4-3-8-22-48-23-15-16-24-48)69(91)77-58(37-50-27-11-6-12-28-50)62(87)39-51(38-52-41-74-55-30-18-17-29-54(52)55)68(90)76-56(31-19-20-34-73)70(92)80-66(47(2)86)72(94)79-60;1-2-7-15-19(16-8-3-1)20-17-11-5-4-6-12-18-13-9-10-14-18;2*1-6-7(2)9(4)10(5)8(6)3;;;;;;;;;;/h5-6,9-12,17-18,25-30,41,46-48,51,53,56-60,64,66,74,84-86H,3-4,7-8,13-16,19-24,31-40,42-45,73H2,1-2H3,(H,75,89)(H,76,90)(H,77,91)(H,78,93)(H,79,94)(H,80,92);18-19H,1-7,9-15,17H2;2*6-10H,1-5H3;4*1H3;4*1H;;/q;;;;4*-1;;;;;2*+2/p-4. The zero-order chi connectivity index (χ0) is 104. The number of nitrogens with two attached hydrogens (primary N) is 1. The number of unbranched alkanes of at least 4 members (excludes halogenated alkanes) is 7. The predicted octanol–water partition coefficient (Wildman–Crippen LogP) is 22.5. The minimum atomic E-state index is -1.68. The summed E-state index contributed by atoms with van der Waals surface area (Å²) in [7, 11) is 21.7. The van der Waals surface area contributed by atoms with E-state index in [0.29, 0.717) is 37.0 Å². The molecule has 0 radical (unpaired) electrons. The zero-order valence-electron chi connectivity index (χ0n) is 91.6. The van der Waals surface area contributed by atoms with Crippen molar-refractivity contribution in [1.82, 2.24) is 51.9 Å². The third-order valence-corrected chi connectivity index (χ3v) is 34.5. The topological polar surface area (TPSA) is 360 Å². The molecule has 3 aromatic carbocycles. The molecule has 12 unspecified atom stereocenters. The van der Waals surface area contributed by atoms with E-state index in [1.807, 2.05) is 72.8 Å². The average Bonchev–Trinajstić information content (AvgIpc) is 1.67. The molecule has 0 bridgehead atoms. The number of ketones is 2. The van der Waals surface area contributed by atoms with Crippen LogP contribution >= 0.6 is 58.8 Å². The van der Waals surface area contributed by atoms with Crippen LogP contribution in [0.3, 0.4) is 0 Å². The number of nitrogens with one attached hydrogen (secondary N) is 7. The van der Waals surface area contributed by atoms with Crippen molar-refractivity contribution < 1.29 is 97.2 Å². The fourth-order valence-electron chi connectivity index (χ4n) is 21.5. The van der Waals surface area contributed by atoms with E-state index in [0.717, 1.165) is 178 Å². The molecule has 32 heteroatoms. The number of aliphatic hydroxyl groups is 3. The normalized spacial score (nSPS) is 26.0. The molecular weight excluding hydrogens is 2050 g/mol.